The zero-order valence-electron chi connectivity index (χ0n) is 12.7. The molecule has 0 unspecified atom stereocenters. The van der Waals surface area contributed by atoms with Crippen molar-refractivity contribution < 1.29 is 18.4 Å². The standard InChI is InChI=1S/C17H13BrF2N2O2/c1-9(23)22(17(24)13-3-2-12(19)8-14(13)20)15-7-11(18)6-10-4-5-21-16(10)15/h2-3,6-8,21H,4-5H2,1H3. The molecule has 2 aromatic rings. The molecule has 0 saturated heterocycles. The first kappa shape index (κ1) is 16.6. The van der Waals surface area contributed by atoms with Crippen LogP contribution in [-0.2, 0) is 11.2 Å². The Morgan fingerprint density at radius 3 is 2.62 bits per heavy atom. The Kier molecular flexibility index (Phi) is 4.36. The summed E-state index contributed by atoms with van der Waals surface area (Å²) >= 11 is 3.36. The number of halogens is 3. The van der Waals surface area contributed by atoms with Crippen LogP contribution in [0.1, 0.15) is 22.8 Å². The van der Waals surface area contributed by atoms with Gasteiger partial charge < -0.3 is 5.32 Å². The van der Waals surface area contributed by atoms with E-state index in [1.54, 1.807) is 6.07 Å². The van der Waals surface area contributed by atoms with Gasteiger partial charge in [-0.2, -0.15) is 0 Å². The number of nitrogens with one attached hydrogen (secondary N) is 1. The molecule has 1 aliphatic heterocycles. The Balaban J connectivity index is 2.12. The fraction of sp³-hybridized carbons (Fsp3) is 0.176. The number of carbonyl (C=O) groups excluding carboxylic acids is 2. The summed E-state index contributed by atoms with van der Waals surface area (Å²) in [5.74, 6) is -3.19. The number of fused-ring (bicyclic) bond motifs is 1. The van der Waals surface area contributed by atoms with E-state index in [-0.39, 0.29) is 5.56 Å². The summed E-state index contributed by atoms with van der Waals surface area (Å²) < 4.78 is 27.8. The Morgan fingerprint density at radius 2 is 1.96 bits per heavy atom. The lowest BCUT2D eigenvalue weighted by atomic mass is 10.1. The largest absolute Gasteiger partial charge is 0.383 e. The third-order valence-corrected chi connectivity index (χ3v) is 4.24. The number of nitrogens with zero attached hydrogens (tertiary/aromatic N) is 1. The van der Waals surface area contributed by atoms with Gasteiger partial charge in [0.05, 0.1) is 16.9 Å². The van der Waals surface area contributed by atoms with E-state index >= 15 is 0 Å². The average Bonchev–Trinajstić information content (AvgIpc) is 2.94. The van der Waals surface area contributed by atoms with E-state index in [1.807, 2.05) is 6.07 Å². The summed E-state index contributed by atoms with van der Waals surface area (Å²) in [4.78, 5) is 25.7. The highest BCUT2D eigenvalue weighted by Gasteiger charge is 2.29. The van der Waals surface area contributed by atoms with Gasteiger partial charge in [0, 0.05) is 24.0 Å². The predicted molar refractivity (Wildman–Crippen MR) is 90.2 cm³/mol. The van der Waals surface area contributed by atoms with E-state index < -0.39 is 23.4 Å². The highest BCUT2D eigenvalue weighted by molar-refractivity contribution is 9.10. The number of imide groups is 1. The molecule has 0 aromatic heterocycles. The maximum Gasteiger partial charge on any atom is 0.268 e. The number of benzene rings is 2. The lowest BCUT2D eigenvalue weighted by molar-refractivity contribution is -0.115. The van der Waals surface area contributed by atoms with Crippen molar-refractivity contribution in [1.82, 2.24) is 0 Å². The molecule has 2 aromatic carbocycles. The van der Waals surface area contributed by atoms with Crippen molar-refractivity contribution in [1.29, 1.82) is 0 Å². The van der Waals surface area contributed by atoms with Crippen molar-refractivity contribution in [3.63, 3.8) is 0 Å². The molecule has 1 N–H and O–H groups in total. The summed E-state index contributed by atoms with van der Waals surface area (Å²) in [6.45, 7) is 1.91. The maximum absolute atomic E-state index is 14.0. The van der Waals surface area contributed by atoms with Gasteiger partial charge in [-0.05, 0) is 36.2 Å². The van der Waals surface area contributed by atoms with Crippen LogP contribution in [0, 0.1) is 11.6 Å². The van der Waals surface area contributed by atoms with Crippen molar-refractivity contribution >= 4 is 39.1 Å². The molecule has 0 spiro atoms. The molecular weight excluding hydrogens is 382 g/mol. The Bertz CT molecular complexity index is 855. The SMILES string of the molecule is CC(=O)N(C(=O)c1ccc(F)cc1F)c1cc(Br)cc2c1NCC2. The summed E-state index contributed by atoms with van der Waals surface area (Å²) in [6.07, 6.45) is 0.757. The zero-order valence-corrected chi connectivity index (χ0v) is 14.3. The Labute approximate surface area is 145 Å². The van der Waals surface area contributed by atoms with Gasteiger partial charge in [0.25, 0.3) is 5.91 Å². The second-order valence-corrected chi connectivity index (χ2v) is 6.34. The molecule has 4 nitrogen and oxygen atoms in total. The van der Waals surface area contributed by atoms with E-state index in [1.165, 1.54) is 6.92 Å². The highest BCUT2D eigenvalue weighted by atomic mass is 79.9. The van der Waals surface area contributed by atoms with Crippen molar-refractivity contribution in [3.8, 4) is 0 Å². The summed E-state index contributed by atoms with van der Waals surface area (Å²) in [7, 11) is 0. The van der Waals surface area contributed by atoms with Crippen LogP contribution in [0.4, 0.5) is 20.2 Å². The minimum absolute atomic E-state index is 0.345. The van der Waals surface area contributed by atoms with Crippen molar-refractivity contribution in [2.45, 2.75) is 13.3 Å². The molecule has 0 saturated carbocycles. The molecule has 1 heterocycles. The van der Waals surface area contributed by atoms with E-state index in [0.29, 0.717) is 28.5 Å². The molecule has 0 radical (unpaired) electrons. The summed E-state index contributed by atoms with van der Waals surface area (Å²) in [5.41, 5.74) is 1.61. The first-order valence-corrected chi connectivity index (χ1v) is 8.04. The average molecular weight is 395 g/mol. The van der Waals surface area contributed by atoms with Gasteiger partial charge >= 0.3 is 0 Å². The molecular formula is C17H13BrF2N2O2. The fourth-order valence-electron chi connectivity index (χ4n) is 2.75. The number of hydrogen-bond acceptors (Lipinski definition) is 3. The molecule has 0 bridgehead atoms. The zero-order chi connectivity index (χ0) is 17.4. The Morgan fingerprint density at radius 1 is 1.21 bits per heavy atom. The lowest BCUT2D eigenvalue weighted by Crippen LogP contribution is -2.36. The second-order valence-electron chi connectivity index (χ2n) is 5.42. The van der Waals surface area contributed by atoms with Crippen molar-refractivity contribution in [2.24, 2.45) is 0 Å². The van der Waals surface area contributed by atoms with Crippen LogP contribution < -0.4 is 10.2 Å². The second kappa shape index (κ2) is 6.32. The van der Waals surface area contributed by atoms with Crippen molar-refractivity contribution in [2.75, 3.05) is 16.8 Å². The predicted octanol–water partition coefficient (Wildman–Crippen LogP) is 3.89. The summed E-state index contributed by atoms with van der Waals surface area (Å²) in [6, 6.07) is 6.17. The molecule has 3 rings (SSSR count). The minimum Gasteiger partial charge on any atom is -0.383 e. The Hall–Kier alpha value is -2.28. The molecule has 0 atom stereocenters. The van der Waals surface area contributed by atoms with Crippen LogP contribution in [-0.4, -0.2) is 18.4 Å². The minimum atomic E-state index is -1.01. The van der Waals surface area contributed by atoms with Crippen LogP contribution in [0.15, 0.2) is 34.8 Å². The topological polar surface area (TPSA) is 49.4 Å². The summed E-state index contributed by atoms with van der Waals surface area (Å²) in [5, 5.41) is 3.14. The number of anilines is 2. The van der Waals surface area contributed by atoms with Crippen LogP contribution in [0.2, 0.25) is 0 Å². The van der Waals surface area contributed by atoms with Gasteiger partial charge in [-0.15, -0.1) is 0 Å². The van der Waals surface area contributed by atoms with Crippen LogP contribution in [0.5, 0.6) is 0 Å². The molecule has 0 aliphatic carbocycles. The first-order valence-electron chi connectivity index (χ1n) is 7.25. The quantitative estimate of drug-likeness (QED) is 0.840. The van der Waals surface area contributed by atoms with Gasteiger partial charge in [0.1, 0.15) is 11.6 Å². The van der Waals surface area contributed by atoms with Crippen LogP contribution in [0.3, 0.4) is 0 Å². The van der Waals surface area contributed by atoms with Crippen molar-refractivity contribution in [3.05, 3.63) is 57.6 Å². The molecule has 1 aliphatic rings. The van der Waals surface area contributed by atoms with Gasteiger partial charge in [0.15, 0.2) is 0 Å². The van der Waals surface area contributed by atoms with E-state index in [0.717, 1.165) is 29.0 Å². The molecule has 0 fully saturated rings. The molecule has 124 valence electrons. The van der Waals surface area contributed by atoms with Crippen LogP contribution >= 0.6 is 15.9 Å². The lowest BCUT2D eigenvalue weighted by Gasteiger charge is -2.23. The van der Waals surface area contributed by atoms with Crippen LogP contribution in [0.25, 0.3) is 0 Å². The maximum atomic E-state index is 14.0. The van der Waals surface area contributed by atoms with Gasteiger partial charge in [-0.1, -0.05) is 15.9 Å². The molecule has 2 amide bonds. The number of rotatable bonds is 2. The molecule has 7 heteroatoms. The monoisotopic (exact) mass is 394 g/mol. The third-order valence-electron chi connectivity index (χ3n) is 3.78. The normalized spacial score (nSPS) is 12.5. The number of amides is 2. The number of carbonyl (C=O) groups is 2. The van der Waals surface area contributed by atoms with Gasteiger partial charge in [-0.3, -0.25) is 9.59 Å². The molecule has 24 heavy (non-hydrogen) atoms. The first-order chi connectivity index (χ1) is 11.4. The smallest absolute Gasteiger partial charge is 0.268 e. The van der Waals surface area contributed by atoms with E-state index in [4.69, 9.17) is 0 Å². The fourth-order valence-corrected chi connectivity index (χ4v) is 3.25. The highest BCUT2D eigenvalue weighted by Crippen LogP contribution is 2.37. The number of hydrogen-bond donors (Lipinski definition) is 1. The van der Waals surface area contributed by atoms with E-state index in [9.17, 15) is 18.4 Å². The van der Waals surface area contributed by atoms with Gasteiger partial charge in [-0.25, -0.2) is 13.7 Å². The van der Waals surface area contributed by atoms with E-state index in [2.05, 4.69) is 21.2 Å². The third kappa shape index (κ3) is 2.91. The van der Waals surface area contributed by atoms with Gasteiger partial charge in [0.2, 0.25) is 5.91 Å².